The summed E-state index contributed by atoms with van der Waals surface area (Å²) in [7, 11) is 0. The van der Waals surface area contributed by atoms with Gasteiger partial charge in [0.25, 0.3) is 0 Å². The molecule has 0 heterocycles. The molecule has 0 saturated carbocycles. The molecule has 0 aliphatic rings. The number of carboxylic acid groups (broad SMARTS) is 1. The van der Waals surface area contributed by atoms with Crippen LogP contribution < -0.4 is 5.32 Å². The number of hydrogen-bond acceptors (Lipinski definition) is 2. The Hall–Kier alpha value is -1.26. The Morgan fingerprint density at radius 1 is 1.15 bits per heavy atom. The van der Waals surface area contributed by atoms with Gasteiger partial charge in [0.2, 0.25) is 5.91 Å². The number of anilines is 1. The van der Waals surface area contributed by atoms with Crippen LogP contribution in [-0.4, -0.2) is 17.0 Å². The van der Waals surface area contributed by atoms with E-state index >= 15 is 0 Å². The normalized spacial score (nSPS) is 11.2. The van der Waals surface area contributed by atoms with Gasteiger partial charge < -0.3 is 10.4 Å². The highest BCUT2D eigenvalue weighted by molar-refractivity contribution is 6.35. The SMILES string of the molecule is CCC(CC)(CC(=O)Nc1cc(Cl)cc(Cl)c1)C(=O)O. The lowest BCUT2D eigenvalue weighted by Crippen LogP contribution is -2.34. The summed E-state index contributed by atoms with van der Waals surface area (Å²) in [4.78, 5) is 23.4. The first-order chi connectivity index (χ1) is 9.32. The van der Waals surface area contributed by atoms with E-state index in [1.54, 1.807) is 32.0 Å². The molecule has 1 aromatic carbocycles. The van der Waals surface area contributed by atoms with E-state index in [0.29, 0.717) is 28.6 Å². The van der Waals surface area contributed by atoms with Crippen molar-refractivity contribution < 1.29 is 14.7 Å². The largest absolute Gasteiger partial charge is 0.481 e. The number of hydrogen-bond donors (Lipinski definition) is 2. The van der Waals surface area contributed by atoms with Crippen LogP contribution >= 0.6 is 23.2 Å². The second-order valence-corrected chi connectivity index (χ2v) is 5.55. The minimum Gasteiger partial charge on any atom is -0.481 e. The molecule has 1 rings (SSSR count). The molecule has 0 radical (unpaired) electrons. The topological polar surface area (TPSA) is 66.4 Å². The van der Waals surface area contributed by atoms with Crippen LogP contribution in [-0.2, 0) is 9.59 Å². The Morgan fingerprint density at radius 2 is 1.65 bits per heavy atom. The van der Waals surface area contributed by atoms with Crippen LogP contribution in [0.2, 0.25) is 10.0 Å². The summed E-state index contributed by atoms with van der Waals surface area (Å²) in [6, 6.07) is 4.68. The van der Waals surface area contributed by atoms with Crippen LogP contribution in [0.4, 0.5) is 5.69 Å². The quantitative estimate of drug-likeness (QED) is 0.825. The van der Waals surface area contributed by atoms with E-state index < -0.39 is 11.4 Å². The minimum absolute atomic E-state index is 0.0839. The molecule has 2 N–H and O–H groups in total. The number of rotatable bonds is 6. The summed E-state index contributed by atoms with van der Waals surface area (Å²) >= 11 is 11.7. The summed E-state index contributed by atoms with van der Waals surface area (Å²) < 4.78 is 0. The Labute approximate surface area is 128 Å². The van der Waals surface area contributed by atoms with Crippen LogP contribution in [0.5, 0.6) is 0 Å². The van der Waals surface area contributed by atoms with Gasteiger partial charge >= 0.3 is 5.97 Å². The van der Waals surface area contributed by atoms with Crippen molar-refractivity contribution in [3.63, 3.8) is 0 Å². The molecule has 0 aliphatic carbocycles. The molecule has 0 aromatic heterocycles. The number of halogens is 2. The maximum absolute atomic E-state index is 12.0. The Balaban J connectivity index is 2.83. The highest BCUT2D eigenvalue weighted by atomic mass is 35.5. The fourth-order valence-electron chi connectivity index (χ4n) is 2.02. The van der Waals surface area contributed by atoms with Crippen molar-refractivity contribution in [2.75, 3.05) is 5.32 Å². The molecule has 1 amide bonds. The molecule has 0 unspecified atom stereocenters. The summed E-state index contributed by atoms with van der Waals surface area (Å²) in [6.07, 6.45) is 0.699. The number of carboxylic acids is 1. The summed E-state index contributed by atoms with van der Waals surface area (Å²) in [5.74, 6) is -1.32. The predicted octanol–water partition coefficient (Wildman–Crippen LogP) is 4.21. The fourth-order valence-corrected chi connectivity index (χ4v) is 2.54. The zero-order valence-electron chi connectivity index (χ0n) is 11.4. The first-order valence-electron chi connectivity index (χ1n) is 6.32. The third kappa shape index (κ3) is 4.12. The van der Waals surface area contributed by atoms with Gasteiger partial charge in [0.15, 0.2) is 0 Å². The second-order valence-electron chi connectivity index (χ2n) is 4.68. The van der Waals surface area contributed by atoms with Gasteiger partial charge in [-0.2, -0.15) is 0 Å². The summed E-state index contributed by atoms with van der Waals surface area (Å²) in [6.45, 7) is 3.53. The van der Waals surface area contributed by atoms with Crippen molar-refractivity contribution in [2.45, 2.75) is 33.1 Å². The highest BCUT2D eigenvalue weighted by Crippen LogP contribution is 2.31. The highest BCUT2D eigenvalue weighted by Gasteiger charge is 2.37. The lowest BCUT2D eigenvalue weighted by molar-refractivity contribution is -0.151. The van der Waals surface area contributed by atoms with Crippen LogP contribution in [0.3, 0.4) is 0 Å². The molecule has 4 nitrogen and oxygen atoms in total. The Kier molecular flexibility index (Phi) is 5.84. The molecule has 0 spiro atoms. The van der Waals surface area contributed by atoms with E-state index in [0.717, 1.165) is 0 Å². The number of carbonyl (C=O) groups is 2. The van der Waals surface area contributed by atoms with Crippen LogP contribution in [0.15, 0.2) is 18.2 Å². The van der Waals surface area contributed by atoms with Crippen molar-refractivity contribution >= 4 is 40.8 Å². The number of carbonyl (C=O) groups excluding carboxylic acids is 1. The average Bonchev–Trinajstić information content (AvgIpc) is 2.34. The molecular weight excluding hydrogens is 301 g/mol. The lowest BCUT2D eigenvalue weighted by atomic mass is 9.79. The Bertz CT molecular complexity index is 493. The van der Waals surface area contributed by atoms with Gasteiger partial charge in [0.1, 0.15) is 0 Å². The maximum Gasteiger partial charge on any atom is 0.310 e. The number of nitrogens with one attached hydrogen (secondary N) is 1. The van der Waals surface area contributed by atoms with E-state index in [-0.39, 0.29) is 12.3 Å². The molecule has 0 fully saturated rings. The van der Waals surface area contributed by atoms with Gasteiger partial charge in [0.05, 0.1) is 5.41 Å². The molecule has 0 bridgehead atoms. The molecule has 0 saturated heterocycles. The standard InChI is InChI=1S/C14H17Cl2NO3/c1-3-14(4-2,13(19)20)8-12(18)17-11-6-9(15)5-10(16)7-11/h5-7H,3-4,8H2,1-2H3,(H,17,18)(H,19,20). The van der Waals surface area contributed by atoms with Crippen LogP contribution in [0.1, 0.15) is 33.1 Å². The van der Waals surface area contributed by atoms with Gasteiger partial charge in [-0.25, -0.2) is 0 Å². The zero-order chi connectivity index (χ0) is 15.3. The van der Waals surface area contributed by atoms with Crippen molar-refractivity contribution in [2.24, 2.45) is 5.41 Å². The van der Waals surface area contributed by atoms with Crippen molar-refractivity contribution in [1.82, 2.24) is 0 Å². The van der Waals surface area contributed by atoms with E-state index in [2.05, 4.69) is 5.32 Å². The molecule has 110 valence electrons. The predicted molar refractivity (Wildman–Crippen MR) is 80.4 cm³/mol. The molecule has 0 aliphatic heterocycles. The van der Waals surface area contributed by atoms with Crippen LogP contribution in [0, 0.1) is 5.41 Å². The third-order valence-corrected chi connectivity index (χ3v) is 3.89. The molecule has 0 atom stereocenters. The number of amides is 1. The molecular formula is C14H17Cl2NO3. The monoisotopic (exact) mass is 317 g/mol. The first kappa shape index (κ1) is 16.8. The molecule has 1 aromatic rings. The zero-order valence-corrected chi connectivity index (χ0v) is 12.9. The van der Waals surface area contributed by atoms with E-state index in [9.17, 15) is 14.7 Å². The number of benzene rings is 1. The minimum atomic E-state index is -1.04. The van der Waals surface area contributed by atoms with Crippen molar-refractivity contribution in [1.29, 1.82) is 0 Å². The van der Waals surface area contributed by atoms with Crippen molar-refractivity contribution in [3.8, 4) is 0 Å². The van der Waals surface area contributed by atoms with E-state index in [1.165, 1.54) is 0 Å². The van der Waals surface area contributed by atoms with Crippen LogP contribution in [0.25, 0.3) is 0 Å². The van der Waals surface area contributed by atoms with E-state index in [4.69, 9.17) is 23.2 Å². The number of aliphatic carboxylic acids is 1. The molecule has 20 heavy (non-hydrogen) atoms. The smallest absolute Gasteiger partial charge is 0.310 e. The summed E-state index contributed by atoms with van der Waals surface area (Å²) in [5.41, 5.74) is -0.578. The van der Waals surface area contributed by atoms with E-state index in [1.807, 2.05) is 0 Å². The van der Waals surface area contributed by atoms with Gasteiger partial charge in [-0.05, 0) is 31.0 Å². The maximum atomic E-state index is 12.0. The van der Waals surface area contributed by atoms with Gasteiger partial charge in [-0.1, -0.05) is 37.0 Å². The van der Waals surface area contributed by atoms with Gasteiger partial charge in [-0.15, -0.1) is 0 Å². The van der Waals surface area contributed by atoms with Gasteiger partial charge in [-0.3, -0.25) is 9.59 Å². The summed E-state index contributed by atoms with van der Waals surface area (Å²) in [5, 5.41) is 12.7. The first-order valence-corrected chi connectivity index (χ1v) is 7.08. The molecule has 6 heteroatoms. The third-order valence-electron chi connectivity index (χ3n) is 3.45. The lowest BCUT2D eigenvalue weighted by Gasteiger charge is -2.25. The van der Waals surface area contributed by atoms with Crippen molar-refractivity contribution in [3.05, 3.63) is 28.2 Å². The Morgan fingerprint density at radius 3 is 2.05 bits per heavy atom. The average molecular weight is 318 g/mol. The second kappa shape index (κ2) is 6.95. The van der Waals surface area contributed by atoms with Gasteiger partial charge in [0, 0.05) is 22.2 Å². The fraction of sp³-hybridized carbons (Fsp3) is 0.429.